The van der Waals surface area contributed by atoms with E-state index in [1.165, 1.54) is 31.0 Å². The second kappa shape index (κ2) is 7.38. The van der Waals surface area contributed by atoms with Crippen molar-refractivity contribution < 1.29 is 9.53 Å². The highest BCUT2D eigenvalue weighted by molar-refractivity contribution is 7.99. The van der Waals surface area contributed by atoms with E-state index in [4.69, 9.17) is 4.74 Å². The molecule has 144 valence electrons. The molecule has 8 heteroatoms. The number of hydrogen-bond acceptors (Lipinski definition) is 5. The summed E-state index contributed by atoms with van der Waals surface area (Å²) in [5.41, 5.74) is -0.194. The Morgan fingerprint density at radius 2 is 1.96 bits per heavy atom. The minimum absolute atomic E-state index is 0.0378. The number of nitrogens with zero attached hydrogens (tertiary/aromatic N) is 2. The number of aromatic amines is 1. The van der Waals surface area contributed by atoms with Gasteiger partial charge < -0.3 is 10.1 Å². The summed E-state index contributed by atoms with van der Waals surface area (Å²) in [4.78, 5) is 24.5. The molecule has 4 bridgehead atoms. The maximum atomic E-state index is 12.6. The van der Waals surface area contributed by atoms with Gasteiger partial charge in [-0.25, -0.2) is 9.89 Å². The molecule has 7 nitrogen and oxygen atoms in total. The Morgan fingerprint density at radius 3 is 2.58 bits per heavy atom. The number of rotatable bonds is 8. The van der Waals surface area contributed by atoms with E-state index < -0.39 is 0 Å². The van der Waals surface area contributed by atoms with Crippen LogP contribution in [0.1, 0.15) is 44.9 Å². The van der Waals surface area contributed by atoms with Crippen molar-refractivity contribution in [2.75, 3.05) is 19.5 Å². The predicted octanol–water partition coefficient (Wildman–Crippen LogP) is 1.78. The summed E-state index contributed by atoms with van der Waals surface area (Å²) in [6.45, 7) is 1.14. The average Bonchev–Trinajstić information content (AvgIpc) is 2.92. The molecule has 0 aromatic carbocycles. The third kappa shape index (κ3) is 3.71. The van der Waals surface area contributed by atoms with Crippen LogP contribution < -0.4 is 11.0 Å². The normalized spacial score (nSPS) is 32.1. The van der Waals surface area contributed by atoms with Crippen LogP contribution in [0.25, 0.3) is 0 Å². The number of thioether (sulfide) groups is 1. The molecule has 0 unspecified atom stereocenters. The van der Waals surface area contributed by atoms with E-state index in [0.29, 0.717) is 24.1 Å². The molecule has 1 heterocycles. The van der Waals surface area contributed by atoms with Gasteiger partial charge in [-0.3, -0.25) is 9.36 Å². The third-order valence-electron chi connectivity index (χ3n) is 6.23. The average molecular weight is 381 g/mol. The highest BCUT2D eigenvalue weighted by Crippen LogP contribution is 2.55. The standard InChI is InChI=1S/C18H28N4O3S/c1-25-4-2-3-22-16(24)20-21-17(22)26-11-15(23)19-18-8-12-5-13(9-18)7-14(6-12)10-18/h12-14H,2-11H2,1H3,(H,19,23)(H,20,24). The van der Waals surface area contributed by atoms with Crippen molar-refractivity contribution in [1.82, 2.24) is 20.1 Å². The molecular weight excluding hydrogens is 352 g/mol. The van der Waals surface area contributed by atoms with Crippen LogP contribution in [-0.2, 0) is 16.1 Å². The number of ether oxygens (including phenoxy) is 1. The van der Waals surface area contributed by atoms with Gasteiger partial charge in [0.25, 0.3) is 0 Å². The van der Waals surface area contributed by atoms with Crippen molar-refractivity contribution in [2.24, 2.45) is 17.8 Å². The molecule has 5 rings (SSSR count). The van der Waals surface area contributed by atoms with Crippen molar-refractivity contribution in [3.8, 4) is 0 Å². The summed E-state index contributed by atoms with van der Waals surface area (Å²) >= 11 is 1.33. The number of methoxy groups -OCH3 is 1. The van der Waals surface area contributed by atoms with Gasteiger partial charge >= 0.3 is 5.69 Å². The van der Waals surface area contributed by atoms with Crippen LogP contribution in [-0.4, -0.2) is 45.7 Å². The molecule has 4 saturated carbocycles. The van der Waals surface area contributed by atoms with E-state index in [-0.39, 0.29) is 17.1 Å². The van der Waals surface area contributed by atoms with E-state index in [1.807, 2.05) is 0 Å². The highest BCUT2D eigenvalue weighted by atomic mass is 32.2. The molecule has 1 aromatic heterocycles. The summed E-state index contributed by atoms with van der Waals surface area (Å²) in [5.74, 6) is 2.80. The number of hydrogen-bond donors (Lipinski definition) is 2. The first-order valence-electron chi connectivity index (χ1n) is 9.65. The van der Waals surface area contributed by atoms with Crippen molar-refractivity contribution in [2.45, 2.75) is 62.2 Å². The maximum absolute atomic E-state index is 12.6. The lowest BCUT2D eigenvalue weighted by Gasteiger charge is -2.56. The Morgan fingerprint density at radius 1 is 1.31 bits per heavy atom. The molecule has 0 saturated heterocycles. The second-order valence-corrected chi connectivity index (χ2v) is 9.29. The Bertz CT molecular complexity index is 678. The van der Waals surface area contributed by atoms with Crippen molar-refractivity contribution >= 4 is 17.7 Å². The van der Waals surface area contributed by atoms with Crippen LogP contribution in [0.4, 0.5) is 0 Å². The molecule has 4 fully saturated rings. The smallest absolute Gasteiger partial charge is 0.343 e. The van der Waals surface area contributed by atoms with Crippen molar-refractivity contribution in [1.29, 1.82) is 0 Å². The molecule has 0 aliphatic heterocycles. The Labute approximate surface area is 157 Å². The van der Waals surface area contributed by atoms with E-state index in [2.05, 4.69) is 15.5 Å². The Balaban J connectivity index is 1.33. The maximum Gasteiger partial charge on any atom is 0.343 e. The largest absolute Gasteiger partial charge is 0.385 e. The quantitative estimate of drug-likeness (QED) is 0.530. The van der Waals surface area contributed by atoms with E-state index in [0.717, 1.165) is 43.4 Å². The molecule has 4 aliphatic rings. The van der Waals surface area contributed by atoms with Gasteiger partial charge in [0.15, 0.2) is 5.16 Å². The summed E-state index contributed by atoms with van der Waals surface area (Å²) in [7, 11) is 1.64. The Kier molecular flexibility index (Phi) is 5.14. The summed E-state index contributed by atoms with van der Waals surface area (Å²) in [6, 6.07) is 0. The highest BCUT2D eigenvalue weighted by Gasteiger charge is 2.51. The van der Waals surface area contributed by atoms with Gasteiger partial charge in [-0.15, -0.1) is 5.10 Å². The number of aromatic nitrogens is 3. The molecule has 26 heavy (non-hydrogen) atoms. The van der Waals surface area contributed by atoms with Crippen LogP contribution in [0.5, 0.6) is 0 Å². The SMILES string of the molecule is COCCCn1c(SCC(=O)NC23CC4CC(CC(C4)C2)C3)n[nH]c1=O. The number of amides is 1. The summed E-state index contributed by atoms with van der Waals surface area (Å²) in [6.07, 6.45) is 8.29. The minimum atomic E-state index is -0.231. The van der Waals surface area contributed by atoms with E-state index >= 15 is 0 Å². The van der Waals surface area contributed by atoms with Gasteiger partial charge in [0.1, 0.15) is 0 Å². The fraction of sp³-hybridized carbons (Fsp3) is 0.833. The first-order valence-corrected chi connectivity index (χ1v) is 10.6. The number of carbonyl (C=O) groups excluding carboxylic acids is 1. The van der Waals surface area contributed by atoms with Crippen LogP contribution in [0.3, 0.4) is 0 Å². The number of carbonyl (C=O) groups is 1. The lowest BCUT2D eigenvalue weighted by Crippen LogP contribution is -2.60. The van der Waals surface area contributed by atoms with Gasteiger partial charge in [-0.05, 0) is 62.7 Å². The molecular formula is C18H28N4O3S. The molecule has 2 N–H and O–H groups in total. The molecule has 1 aromatic rings. The van der Waals surface area contributed by atoms with Crippen molar-refractivity contribution in [3.05, 3.63) is 10.5 Å². The van der Waals surface area contributed by atoms with E-state index in [9.17, 15) is 9.59 Å². The van der Waals surface area contributed by atoms with Crippen LogP contribution >= 0.6 is 11.8 Å². The minimum Gasteiger partial charge on any atom is -0.385 e. The lowest BCUT2D eigenvalue weighted by atomic mass is 9.53. The predicted molar refractivity (Wildman–Crippen MR) is 99.1 cm³/mol. The van der Waals surface area contributed by atoms with Gasteiger partial charge in [-0.2, -0.15) is 0 Å². The van der Waals surface area contributed by atoms with Gasteiger partial charge in [0, 0.05) is 25.8 Å². The van der Waals surface area contributed by atoms with Gasteiger partial charge in [0.2, 0.25) is 5.91 Å². The molecule has 0 atom stereocenters. The fourth-order valence-electron chi connectivity index (χ4n) is 5.70. The van der Waals surface area contributed by atoms with Gasteiger partial charge in [0.05, 0.1) is 5.75 Å². The third-order valence-corrected chi connectivity index (χ3v) is 7.21. The number of H-pyrrole nitrogens is 1. The fourth-order valence-corrected chi connectivity index (χ4v) is 6.48. The van der Waals surface area contributed by atoms with Gasteiger partial charge in [-0.1, -0.05) is 11.8 Å². The molecule has 0 radical (unpaired) electrons. The number of nitrogens with one attached hydrogen (secondary N) is 2. The molecule has 1 amide bonds. The van der Waals surface area contributed by atoms with Crippen LogP contribution in [0.15, 0.2) is 9.95 Å². The first-order chi connectivity index (χ1) is 12.6. The second-order valence-electron chi connectivity index (χ2n) is 8.34. The zero-order chi connectivity index (χ0) is 18.1. The molecule has 0 spiro atoms. The van der Waals surface area contributed by atoms with E-state index in [1.54, 1.807) is 11.7 Å². The lowest BCUT2D eigenvalue weighted by molar-refractivity contribution is -0.124. The zero-order valence-electron chi connectivity index (χ0n) is 15.3. The van der Waals surface area contributed by atoms with Crippen molar-refractivity contribution in [3.63, 3.8) is 0 Å². The van der Waals surface area contributed by atoms with Crippen LogP contribution in [0.2, 0.25) is 0 Å². The monoisotopic (exact) mass is 380 g/mol. The molecule has 4 aliphatic carbocycles. The summed E-state index contributed by atoms with van der Waals surface area (Å²) < 4.78 is 6.62. The Hall–Kier alpha value is -1.28. The first kappa shape index (κ1) is 18.1. The summed E-state index contributed by atoms with van der Waals surface area (Å²) in [5, 5.41) is 10.5. The topological polar surface area (TPSA) is 89.0 Å². The zero-order valence-corrected chi connectivity index (χ0v) is 16.1. The van der Waals surface area contributed by atoms with Crippen LogP contribution in [0, 0.1) is 17.8 Å².